The van der Waals surface area contributed by atoms with E-state index in [2.05, 4.69) is 5.32 Å². The molecular weight excluding hydrogens is 252 g/mol. The minimum absolute atomic E-state index is 0.0467. The molecule has 1 atom stereocenters. The number of rotatable bonds is 7. The standard InChI is InChI=1S/C12H16N2O5/c1-2-3-8(12(18)19)13-9(15)6-7-14-10(16)4-5-11(14)17/h4-5,8H,2-3,6-7H2,1H3,(H,13,15)(H,18,19). The van der Waals surface area contributed by atoms with Crippen molar-refractivity contribution in [2.24, 2.45) is 0 Å². The molecule has 0 spiro atoms. The number of aliphatic carboxylic acids is 1. The number of hydrogen-bond acceptors (Lipinski definition) is 4. The first kappa shape index (κ1) is 14.9. The maximum absolute atomic E-state index is 11.6. The van der Waals surface area contributed by atoms with Gasteiger partial charge in [0.05, 0.1) is 0 Å². The minimum atomic E-state index is -1.09. The van der Waals surface area contributed by atoms with Gasteiger partial charge in [0.15, 0.2) is 0 Å². The van der Waals surface area contributed by atoms with Crippen molar-refractivity contribution in [1.82, 2.24) is 10.2 Å². The summed E-state index contributed by atoms with van der Waals surface area (Å²) in [4.78, 5) is 45.8. The van der Waals surface area contributed by atoms with E-state index in [9.17, 15) is 19.2 Å². The highest BCUT2D eigenvalue weighted by molar-refractivity contribution is 6.13. The second kappa shape index (κ2) is 6.67. The lowest BCUT2D eigenvalue weighted by Gasteiger charge is -2.16. The van der Waals surface area contributed by atoms with Crippen LogP contribution in [-0.2, 0) is 19.2 Å². The third-order valence-electron chi connectivity index (χ3n) is 2.67. The van der Waals surface area contributed by atoms with Gasteiger partial charge in [-0.2, -0.15) is 0 Å². The number of amides is 3. The van der Waals surface area contributed by atoms with Crippen molar-refractivity contribution in [2.45, 2.75) is 32.2 Å². The van der Waals surface area contributed by atoms with Crippen LogP contribution in [0.1, 0.15) is 26.2 Å². The molecule has 0 saturated heterocycles. The first-order valence-electron chi connectivity index (χ1n) is 6.01. The number of imide groups is 1. The van der Waals surface area contributed by atoms with Crippen LogP contribution in [0.15, 0.2) is 12.2 Å². The molecule has 0 aromatic rings. The van der Waals surface area contributed by atoms with Gasteiger partial charge in [0.2, 0.25) is 5.91 Å². The van der Waals surface area contributed by atoms with Gasteiger partial charge in [-0.3, -0.25) is 19.3 Å². The SMILES string of the molecule is CCCC(NC(=O)CCN1C(=O)C=CC1=O)C(=O)O. The van der Waals surface area contributed by atoms with Crippen LogP contribution in [0, 0.1) is 0 Å². The largest absolute Gasteiger partial charge is 0.480 e. The van der Waals surface area contributed by atoms with Crippen LogP contribution in [0.25, 0.3) is 0 Å². The molecule has 0 aliphatic carbocycles. The van der Waals surface area contributed by atoms with Gasteiger partial charge < -0.3 is 10.4 Å². The molecule has 1 unspecified atom stereocenters. The lowest BCUT2D eigenvalue weighted by atomic mass is 10.1. The maximum Gasteiger partial charge on any atom is 0.326 e. The fourth-order valence-corrected chi connectivity index (χ4v) is 1.68. The lowest BCUT2D eigenvalue weighted by molar-refractivity contribution is -0.143. The first-order chi connectivity index (χ1) is 8.95. The highest BCUT2D eigenvalue weighted by Crippen LogP contribution is 2.04. The Balaban J connectivity index is 2.41. The van der Waals surface area contributed by atoms with Crippen LogP contribution in [0.4, 0.5) is 0 Å². The molecule has 1 heterocycles. The molecule has 104 valence electrons. The van der Waals surface area contributed by atoms with E-state index in [-0.39, 0.29) is 13.0 Å². The van der Waals surface area contributed by atoms with E-state index in [1.807, 2.05) is 6.92 Å². The molecule has 7 nitrogen and oxygen atoms in total. The molecule has 1 rings (SSSR count). The summed E-state index contributed by atoms with van der Waals surface area (Å²) < 4.78 is 0. The molecule has 0 fully saturated rings. The maximum atomic E-state index is 11.6. The van der Waals surface area contributed by atoms with E-state index in [4.69, 9.17) is 5.11 Å². The van der Waals surface area contributed by atoms with Gasteiger partial charge >= 0.3 is 5.97 Å². The Hall–Kier alpha value is -2.18. The van der Waals surface area contributed by atoms with Gasteiger partial charge in [-0.1, -0.05) is 13.3 Å². The molecule has 0 aromatic heterocycles. The number of nitrogens with zero attached hydrogens (tertiary/aromatic N) is 1. The highest BCUT2D eigenvalue weighted by atomic mass is 16.4. The van der Waals surface area contributed by atoms with E-state index in [1.165, 1.54) is 0 Å². The van der Waals surface area contributed by atoms with Gasteiger partial charge in [0.25, 0.3) is 11.8 Å². The van der Waals surface area contributed by atoms with Crippen molar-refractivity contribution >= 4 is 23.7 Å². The Morgan fingerprint density at radius 1 is 1.32 bits per heavy atom. The molecule has 19 heavy (non-hydrogen) atoms. The Kier molecular flexibility index (Phi) is 5.23. The average Bonchev–Trinajstić information content (AvgIpc) is 2.66. The smallest absolute Gasteiger partial charge is 0.326 e. The summed E-state index contributed by atoms with van der Waals surface area (Å²) in [5, 5.41) is 11.2. The molecule has 0 radical (unpaired) electrons. The highest BCUT2D eigenvalue weighted by Gasteiger charge is 2.24. The summed E-state index contributed by atoms with van der Waals surface area (Å²) in [5.74, 6) is -2.50. The molecule has 2 N–H and O–H groups in total. The molecule has 0 bridgehead atoms. The molecule has 3 amide bonds. The Morgan fingerprint density at radius 2 is 1.89 bits per heavy atom. The molecular formula is C12H16N2O5. The predicted molar refractivity (Wildman–Crippen MR) is 65.0 cm³/mol. The Labute approximate surface area is 110 Å². The topological polar surface area (TPSA) is 104 Å². The molecule has 1 aliphatic heterocycles. The third-order valence-corrected chi connectivity index (χ3v) is 2.67. The second-order valence-electron chi connectivity index (χ2n) is 4.16. The summed E-state index contributed by atoms with van der Waals surface area (Å²) >= 11 is 0. The summed E-state index contributed by atoms with van der Waals surface area (Å²) in [6.45, 7) is 1.77. The zero-order valence-electron chi connectivity index (χ0n) is 10.6. The van der Waals surface area contributed by atoms with Crippen molar-refractivity contribution in [2.75, 3.05) is 6.54 Å². The predicted octanol–water partition coefficient (Wildman–Crippen LogP) is -0.329. The van der Waals surface area contributed by atoms with Crippen molar-refractivity contribution < 1.29 is 24.3 Å². The fraction of sp³-hybridized carbons (Fsp3) is 0.500. The molecule has 1 aliphatic rings. The summed E-state index contributed by atoms with van der Waals surface area (Å²) in [7, 11) is 0. The van der Waals surface area contributed by atoms with Crippen LogP contribution < -0.4 is 5.32 Å². The zero-order chi connectivity index (χ0) is 14.4. The number of carbonyl (C=O) groups is 4. The van der Waals surface area contributed by atoms with Crippen molar-refractivity contribution in [3.8, 4) is 0 Å². The van der Waals surface area contributed by atoms with E-state index >= 15 is 0 Å². The Bertz CT molecular complexity index is 412. The third kappa shape index (κ3) is 4.20. The number of carbonyl (C=O) groups excluding carboxylic acids is 3. The van der Waals surface area contributed by atoms with Gasteiger partial charge in [0, 0.05) is 25.1 Å². The average molecular weight is 268 g/mol. The van der Waals surface area contributed by atoms with E-state index in [0.717, 1.165) is 17.1 Å². The quantitative estimate of drug-likeness (QED) is 0.615. The summed E-state index contributed by atoms with van der Waals surface area (Å²) in [5.41, 5.74) is 0. The van der Waals surface area contributed by atoms with Crippen LogP contribution in [0.3, 0.4) is 0 Å². The van der Waals surface area contributed by atoms with Crippen molar-refractivity contribution in [3.63, 3.8) is 0 Å². The van der Waals surface area contributed by atoms with Crippen LogP contribution in [0.5, 0.6) is 0 Å². The number of carboxylic acids is 1. The Morgan fingerprint density at radius 3 is 2.37 bits per heavy atom. The number of hydrogen-bond donors (Lipinski definition) is 2. The second-order valence-corrected chi connectivity index (χ2v) is 4.16. The van der Waals surface area contributed by atoms with Crippen LogP contribution in [0.2, 0.25) is 0 Å². The number of carboxylic acid groups (broad SMARTS) is 1. The normalized spacial score (nSPS) is 15.7. The van der Waals surface area contributed by atoms with Crippen molar-refractivity contribution in [1.29, 1.82) is 0 Å². The summed E-state index contributed by atoms with van der Waals surface area (Å²) in [6, 6.07) is -0.930. The van der Waals surface area contributed by atoms with E-state index in [0.29, 0.717) is 12.8 Å². The minimum Gasteiger partial charge on any atom is -0.480 e. The van der Waals surface area contributed by atoms with E-state index < -0.39 is 29.7 Å². The van der Waals surface area contributed by atoms with E-state index in [1.54, 1.807) is 0 Å². The molecule has 0 saturated carbocycles. The van der Waals surface area contributed by atoms with Gasteiger partial charge in [-0.05, 0) is 6.42 Å². The lowest BCUT2D eigenvalue weighted by Crippen LogP contribution is -2.42. The van der Waals surface area contributed by atoms with Crippen LogP contribution in [-0.4, -0.2) is 46.3 Å². The van der Waals surface area contributed by atoms with Crippen molar-refractivity contribution in [3.05, 3.63) is 12.2 Å². The fourth-order valence-electron chi connectivity index (χ4n) is 1.68. The van der Waals surface area contributed by atoms with Gasteiger partial charge in [0.1, 0.15) is 6.04 Å². The van der Waals surface area contributed by atoms with Gasteiger partial charge in [-0.15, -0.1) is 0 Å². The summed E-state index contributed by atoms with van der Waals surface area (Å²) in [6.07, 6.45) is 3.13. The zero-order valence-corrected chi connectivity index (χ0v) is 10.6. The number of nitrogens with one attached hydrogen (secondary N) is 1. The van der Waals surface area contributed by atoms with Crippen LogP contribution >= 0.6 is 0 Å². The monoisotopic (exact) mass is 268 g/mol. The first-order valence-corrected chi connectivity index (χ1v) is 6.01. The molecule has 7 heteroatoms. The van der Waals surface area contributed by atoms with Gasteiger partial charge in [-0.25, -0.2) is 4.79 Å². The molecule has 0 aromatic carbocycles.